The van der Waals surface area contributed by atoms with Crippen molar-refractivity contribution >= 4 is 29.4 Å². The molecule has 1 aliphatic rings. The molecular formula is C14H12N4O6S. The Morgan fingerprint density at radius 3 is 2.92 bits per heavy atom. The number of nitro groups is 1. The number of nitrogens with zero attached hydrogens (tertiary/aromatic N) is 4. The summed E-state index contributed by atoms with van der Waals surface area (Å²) in [4.78, 5) is 34.5. The summed E-state index contributed by atoms with van der Waals surface area (Å²) in [6.45, 7) is 0.185. The number of ether oxygens (including phenoxy) is 2. The zero-order valence-corrected chi connectivity index (χ0v) is 13.8. The largest absolute Gasteiger partial charge is 0.463 e. The van der Waals surface area contributed by atoms with Gasteiger partial charge in [-0.05, 0) is 23.9 Å². The molecule has 0 aliphatic carbocycles. The van der Waals surface area contributed by atoms with Gasteiger partial charge in [0.15, 0.2) is 5.16 Å². The Bertz CT molecular complexity index is 852. The van der Waals surface area contributed by atoms with Crippen LogP contribution in [0.25, 0.3) is 0 Å². The molecule has 2 aromatic rings. The van der Waals surface area contributed by atoms with Crippen LogP contribution in [0.1, 0.15) is 16.8 Å². The smallest absolute Gasteiger partial charge is 0.347 e. The average molecular weight is 364 g/mol. The van der Waals surface area contributed by atoms with E-state index in [0.717, 1.165) is 17.8 Å². The van der Waals surface area contributed by atoms with E-state index in [4.69, 9.17) is 9.47 Å². The van der Waals surface area contributed by atoms with E-state index in [2.05, 4.69) is 10.2 Å². The van der Waals surface area contributed by atoms with Crippen LogP contribution in [0.5, 0.6) is 0 Å². The summed E-state index contributed by atoms with van der Waals surface area (Å²) in [6.07, 6.45) is 0.770. The minimum atomic E-state index is -0.973. The maximum Gasteiger partial charge on any atom is 0.347 e. The van der Waals surface area contributed by atoms with Gasteiger partial charge in [0.25, 0.3) is 5.69 Å². The Morgan fingerprint density at radius 1 is 1.52 bits per heavy atom. The molecule has 1 aliphatic heterocycles. The molecule has 130 valence electrons. The highest BCUT2D eigenvalue weighted by Gasteiger charge is 2.31. The molecule has 1 saturated heterocycles. The molecule has 1 aromatic heterocycles. The number of nitro benzene ring substituents is 1. The maximum atomic E-state index is 12.1. The molecule has 11 heteroatoms. The topological polar surface area (TPSA) is 126 Å². The van der Waals surface area contributed by atoms with Gasteiger partial charge in [0.05, 0.1) is 22.0 Å². The summed E-state index contributed by atoms with van der Waals surface area (Å²) >= 11 is 1.05. The molecule has 1 fully saturated rings. The van der Waals surface area contributed by atoms with Gasteiger partial charge in [0, 0.05) is 19.5 Å². The van der Waals surface area contributed by atoms with Crippen molar-refractivity contribution in [3.05, 3.63) is 40.2 Å². The maximum absolute atomic E-state index is 12.1. The van der Waals surface area contributed by atoms with E-state index in [9.17, 15) is 19.7 Å². The SMILES string of the molecule is Cn1cnnc1Sc1ccc(C(=O)OC2CCOC2=O)cc1[N+](=O)[O-]. The Kier molecular flexibility index (Phi) is 4.65. The fourth-order valence-corrected chi connectivity index (χ4v) is 2.97. The normalized spacial score (nSPS) is 16.5. The number of esters is 2. The molecule has 25 heavy (non-hydrogen) atoms. The molecule has 0 amide bonds. The second-order valence-corrected chi connectivity index (χ2v) is 6.13. The summed E-state index contributed by atoms with van der Waals surface area (Å²) in [6, 6.07) is 3.94. The van der Waals surface area contributed by atoms with Crippen molar-refractivity contribution in [2.75, 3.05) is 6.61 Å². The summed E-state index contributed by atoms with van der Waals surface area (Å²) in [5.74, 6) is -1.43. The van der Waals surface area contributed by atoms with Gasteiger partial charge in [-0.3, -0.25) is 10.1 Å². The first kappa shape index (κ1) is 16.9. The average Bonchev–Trinajstić information content (AvgIpc) is 3.16. The number of carbonyl (C=O) groups excluding carboxylic acids is 2. The third kappa shape index (κ3) is 3.60. The van der Waals surface area contributed by atoms with E-state index in [1.54, 1.807) is 11.6 Å². The molecule has 0 saturated carbocycles. The summed E-state index contributed by atoms with van der Waals surface area (Å²) in [7, 11) is 1.71. The van der Waals surface area contributed by atoms with Crippen molar-refractivity contribution in [2.24, 2.45) is 7.05 Å². The van der Waals surface area contributed by atoms with Gasteiger partial charge >= 0.3 is 11.9 Å². The van der Waals surface area contributed by atoms with Crippen LogP contribution in [0.4, 0.5) is 5.69 Å². The van der Waals surface area contributed by atoms with Gasteiger partial charge in [-0.25, -0.2) is 9.59 Å². The standard InChI is InChI=1S/C14H12N4O6S/c1-17-7-15-16-14(17)25-11-3-2-8(6-9(11)18(21)22)12(19)24-10-4-5-23-13(10)20/h2-3,6-7,10H,4-5H2,1H3. The zero-order chi connectivity index (χ0) is 18.0. The first-order chi connectivity index (χ1) is 12.0. The molecule has 0 bridgehead atoms. The van der Waals surface area contributed by atoms with Crippen LogP contribution in [-0.2, 0) is 21.3 Å². The second kappa shape index (κ2) is 6.89. The van der Waals surface area contributed by atoms with Crippen LogP contribution in [-0.4, -0.2) is 44.3 Å². The monoisotopic (exact) mass is 364 g/mol. The fraction of sp³-hybridized carbons (Fsp3) is 0.286. The van der Waals surface area contributed by atoms with Crippen LogP contribution in [0.2, 0.25) is 0 Å². The highest BCUT2D eigenvalue weighted by Crippen LogP contribution is 2.34. The Labute approximate surface area is 145 Å². The zero-order valence-electron chi connectivity index (χ0n) is 12.9. The molecule has 10 nitrogen and oxygen atoms in total. The van der Waals surface area contributed by atoms with Crippen LogP contribution in [0.3, 0.4) is 0 Å². The lowest BCUT2D eigenvalue weighted by Crippen LogP contribution is -2.22. The lowest BCUT2D eigenvalue weighted by Gasteiger charge is -2.09. The van der Waals surface area contributed by atoms with Crippen LogP contribution < -0.4 is 0 Å². The third-order valence-electron chi connectivity index (χ3n) is 3.40. The molecule has 2 heterocycles. The van der Waals surface area contributed by atoms with E-state index >= 15 is 0 Å². The minimum Gasteiger partial charge on any atom is -0.463 e. The van der Waals surface area contributed by atoms with E-state index in [-0.39, 0.29) is 24.3 Å². The van der Waals surface area contributed by atoms with Crippen molar-refractivity contribution < 1.29 is 24.0 Å². The van der Waals surface area contributed by atoms with Crippen molar-refractivity contribution in [1.29, 1.82) is 0 Å². The molecular weight excluding hydrogens is 352 g/mol. The number of hydrogen-bond acceptors (Lipinski definition) is 9. The molecule has 1 unspecified atom stereocenters. The summed E-state index contributed by atoms with van der Waals surface area (Å²) in [5.41, 5.74) is -0.287. The quantitative estimate of drug-likeness (QED) is 0.439. The predicted octanol–water partition coefficient (Wildman–Crippen LogP) is 1.35. The first-order valence-electron chi connectivity index (χ1n) is 7.13. The number of carbonyl (C=O) groups is 2. The first-order valence-corrected chi connectivity index (χ1v) is 7.95. The Hall–Kier alpha value is -2.95. The van der Waals surface area contributed by atoms with Crippen molar-refractivity contribution in [1.82, 2.24) is 14.8 Å². The molecule has 1 aromatic carbocycles. The number of aryl methyl sites for hydroxylation is 1. The highest BCUT2D eigenvalue weighted by molar-refractivity contribution is 7.99. The fourth-order valence-electron chi connectivity index (χ4n) is 2.12. The predicted molar refractivity (Wildman–Crippen MR) is 83.0 cm³/mol. The van der Waals surface area contributed by atoms with Crippen molar-refractivity contribution in [3.63, 3.8) is 0 Å². The minimum absolute atomic E-state index is 0.0197. The second-order valence-electron chi connectivity index (χ2n) is 5.12. The van der Waals surface area contributed by atoms with Crippen molar-refractivity contribution in [2.45, 2.75) is 22.6 Å². The third-order valence-corrected chi connectivity index (χ3v) is 4.52. The van der Waals surface area contributed by atoms with Gasteiger partial charge in [0.1, 0.15) is 6.33 Å². The van der Waals surface area contributed by atoms with Crippen LogP contribution in [0, 0.1) is 10.1 Å². The molecule has 0 N–H and O–H groups in total. The van der Waals surface area contributed by atoms with E-state index in [0.29, 0.717) is 10.1 Å². The summed E-state index contributed by atoms with van der Waals surface area (Å²) < 4.78 is 11.4. The van der Waals surface area contributed by atoms with Gasteiger partial charge in [-0.1, -0.05) is 0 Å². The van der Waals surface area contributed by atoms with Gasteiger partial charge in [-0.15, -0.1) is 10.2 Å². The van der Waals surface area contributed by atoms with E-state index < -0.39 is 23.0 Å². The molecule has 0 spiro atoms. The van der Waals surface area contributed by atoms with E-state index in [1.165, 1.54) is 18.5 Å². The number of benzene rings is 1. The molecule has 3 rings (SSSR count). The Balaban J connectivity index is 1.83. The van der Waals surface area contributed by atoms with E-state index in [1.807, 2.05) is 0 Å². The van der Waals surface area contributed by atoms with Gasteiger partial charge in [0.2, 0.25) is 6.10 Å². The van der Waals surface area contributed by atoms with Gasteiger partial charge in [-0.2, -0.15) is 0 Å². The lowest BCUT2D eigenvalue weighted by atomic mass is 10.2. The number of cyclic esters (lactones) is 1. The van der Waals surface area contributed by atoms with Crippen LogP contribution in [0.15, 0.2) is 34.6 Å². The number of aromatic nitrogens is 3. The lowest BCUT2D eigenvalue weighted by molar-refractivity contribution is -0.387. The van der Waals surface area contributed by atoms with Gasteiger partial charge < -0.3 is 14.0 Å². The summed E-state index contributed by atoms with van der Waals surface area (Å²) in [5, 5.41) is 19.4. The highest BCUT2D eigenvalue weighted by atomic mass is 32.2. The van der Waals surface area contributed by atoms with Crippen molar-refractivity contribution in [3.8, 4) is 0 Å². The number of rotatable bonds is 5. The molecule has 1 atom stereocenters. The number of hydrogen-bond donors (Lipinski definition) is 0. The van der Waals surface area contributed by atoms with Crippen LogP contribution >= 0.6 is 11.8 Å². The Morgan fingerprint density at radius 2 is 2.32 bits per heavy atom. The molecule has 0 radical (unpaired) electrons.